The van der Waals surface area contributed by atoms with Crippen LogP contribution in [-0.4, -0.2) is 45.2 Å². The van der Waals surface area contributed by atoms with E-state index in [1.54, 1.807) is 13.3 Å². The average Bonchev–Trinajstić information content (AvgIpc) is 3.01. The van der Waals surface area contributed by atoms with Gasteiger partial charge in [-0.25, -0.2) is 9.67 Å². The van der Waals surface area contributed by atoms with Crippen molar-refractivity contribution in [2.45, 2.75) is 25.8 Å². The zero-order chi connectivity index (χ0) is 13.9. The van der Waals surface area contributed by atoms with Crippen LogP contribution in [0.2, 0.25) is 0 Å². The summed E-state index contributed by atoms with van der Waals surface area (Å²) >= 11 is 0. The van der Waals surface area contributed by atoms with Crippen molar-refractivity contribution < 1.29 is 4.74 Å². The van der Waals surface area contributed by atoms with Gasteiger partial charge in [0.1, 0.15) is 0 Å². The Labute approximate surface area is 117 Å². The summed E-state index contributed by atoms with van der Waals surface area (Å²) in [6.07, 6.45) is 5.81. The number of methoxy groups -OCH3 is 1. The number of nitrogens with zero attached hydrogens (tertiary/aromatic N) is 6. The van der Waals surface area contributed by atoms with E-state index in [9.17, 15) is 0 Å². The molecule has 3 rings (SSSR count). The van der Waals surface area contributed by atoms with Gasteiger partial charge in [-0.15, -0.1) is 5.10 Å². The lowest BCUT2D eigenvalue weighted by molar-refractivity contribution is 0.363. The second-order valence-electron chi connectivity index (χ2n) is 4.98. The topological polar surface area (TPSA) is 69.0 Å². The van der Waals surface area contributed by atoms with E-state index >= 15 is 0 Å². The fourth-order valence-corrected chi connectivity index (χ4v) is 2.53. The van der Waals surface area contributed by atoms with E-state index in [4.69, 9.17) is 4.74 Å². The Bertz CT molecular complexity index is 570. The summed E-state index contributed by atoms with van der Waals surface area (Å²) in [5.41, 5.74) is 0.912. The number of rotatable bonds is 3. The molecule has 0 spiro atoms. The monoisotopic (exact) mass is 274 g/mol. The Kier molecular flexibility index (Phi) is 3.49. The third-order valence-electron chi connectivity index (χ3n) is 3.52. The summed E-state index contributed by atoms with van der Waals surface area (Å²) in [5, 5.41) is 7.97. The second kappa shape index (κ2) is 5.44. The van der Waals surface area contributed by atoms with Crippen LogP contribution in [0.15, 0.2) is 18.5 Å². The molecule has 1 saturated heterocycles. The molecule has 2 aromatic rings. The molecule has 20 heavy (non-hydrogen) atoms. The minimum absolute atomic E-state index is 0.321. The molecule has 0 bridgehead atoms. The summed E-state index contributed by atoms with van der Waals surface area (Å²) in [7, 11) is 1.62. The zero-order valence-electron chi connectivity index (χ0n) is 11.7. The fourth-order valence-electron chi connectivity index (χ4n) is 2.53. The molecule has 1 fully saturated rings. The SMILES string of the molecule is COc1cc(C)nc(N2CCCC(n3ccnn3)C2)n1. The van der Waals surface area contributed by atoms with Gasteiger partial charge < -0.3 is 9.64 Å². The van der Waals surface area contributed by atoms with Crippen LogP contribution in [0.1, 0.15) is 24.6 Å². The van der Waals surface area contributed by atoms with E-state index in [-0.39, 0.29) is 0 Å². The van der Waals surface area contributed by atoms with Crippen LogP contribution < -0.4 is 9.64 Å². The maximum Gasteiger partial charge on any atom is 0.228 e. The first-order valence-corrected chi connectivity index (χ1v) is 6.76. The van der Waals surface area contributed by atoms with Gasteiger partial charge in [-0.05, 0) is 19.8 Å². The van der Waals surface area contributed by atoms with E-state index in [2.05, 4.69) is 25.2 Å². The molecular weight excluding hydrogens is 256 g/mol. The van der Waals surface area contributed by atoms with Gasteiger partial charge in [0.05, 0.1) is 19.3 Å². The summed E-state index contributed by atoms with van der Waals surface area (Å²) in [4.78, 5) is 11.1. The minimum atomic E-state index is 0.321. The number of anilines is 1. The lowest BCUT2D eigenvalue weighted by Gasteiger charge is -2.32. The zero-order valence-corrected chi connectivity index (χ0v) is 11.7. The molecule has 7 heteroatoms. The fraction of sp³-hybridized carbons (Fsp3) is 0.538. The normalized spacial score (nSPS) is 19.1. The third kappa shape index (κ3) is 2.56. The highest BCUT2D eigenvalue weighted by atomic mass is 16.5. The molecule has 1 atom stereocenters. The molecule has 2 aromatic heterocycles. The van der Waals surface area contributed by atoms with Crippen molar-refractivity contribution in [3.63, 3.8) is 0 Å². The van der Waals surface area contributed by atoms with Crippen LogP contribution in [0.4, 0.5) is 5.95 Å². The molecule has 1 aliphatic heterocycles. The molecule has 1 aliphatic rings. The minimum Gasteiger partial charge on any atom is -0.481 e. The van der Waals surface area contributed by atoms with Crippen LogP contribution in [0.3, 0.4) is 0 Å². The summed E-state index contributed by atoms with van der Waals surface area (Å²) < 4.78 is 7.14. The Morgan fingerprint density at radius 1 is 1.35 bits per heavy atom. The van der Waals surface area contributed by atoms with Crippen molar-refractivity contribution >= 4 is 5.95 Å². The number of aromatic nitrogens is 5. The number of piperidine rings is 1. The first-order chi connectivity index (χ1) is 9.76. The molecule has 7 nitrogen and oxygen atoms in total. The lowest BCUT2D eigenvalue weighted by atomic mass is 10.1. The molecular formula is C13H18N6O. The Morgan fingerprint density at radius 2 is 2.25 bits per heavy atom. The molecule has 0 radical (unpaired) electrons. The van der Waals surface area contributed by atoms with Crippen LogP contribution >= 0.6 is 0 Å². The molecule has 3 heterocycles. The van der Waals surface area contributed by atoms with Gasteiger partial charge in [0.25, 0.3) is 0 Å². The number of hydrogen-bond acceptors (Lipinski definition) is 6. The van der Waals surface area contributed by atoms with E-state index in [0.29, 0.717) is 11.9 Å². The van der Waals surface area contributed by atoms with Gasteiger partial charge in [-0.2, -0.15) is 4.98 Å². The molecule has 106 valence electrons. The molecule has 0 aliphatic carbocycles. The maximum absolute atomic E-state index is 5.22. The number of aryl methyl sites for hydroxylation is 1. The van der Waals surface area contributed by atoms with Gasteiger partial charge in [0.2, 0.25) is 11.8 Å². The molecule has 0 saturated carbocycles. The predicted molar refractivity (Wildman–Crippen MR) is 73.8 cm³/mol. The molecule has 0 N–H and O–H groups in total. The van der Waals surface area contributed by atoms with Crippen molar-refractivity contribution in [2.24, 2.45) is 0 Å². The van der Waals surface area contributed by atoms with E-state index in [0.717, 1.165) is 37.6 Å². The number of hydrogen-bond donors (Lipinski definition) is 0. The first-order valence-electron chi connectivity index (χ1n) is 6.76. The Balaban J connectivity index is 1.81. The van der Waals surface area contributed by atoms with Gasteiger partial charge in [0, 0.05) is 31.0 Å². The number of ether oxygens (including phenoxy) is 1. The lowest BCUT2D eigenvalue weighted by Crippen LogP contribution is -2.38. The highest BCUT2D eigenvalue weighted by Gasteiger charge is 2.24. The van der Waals surface area contributed by atoms with Crippen molar-refractivity contribution in [1.82, 2.24) is 25.0 Å². The highest BCUT2D eigenvalue weighted by Crippen LogP contribution is 2.24. The first kappa shape index (κ1) is 12.8. The van der Waals surface area contributed by atoms with Crippen LogP contribution in [-0.2, 0) is 0 Å². The van der Waals surface area contributed by atoms with Crippen LogP contribution in [0.5, 0.6) is 5.88 Å². The van der Waals surface area contributed by atoms with Gasteiger partial charge in [-0.1, -0.05) is 5.21 Å². The standard InChI is InChI=1S/C13H18N6O/c1-10-8-12(20-2)16-13(15-10)18-6-3-4-11(9-18)19-7-5-14-17-19/h5,7-8,11H,3-4,6,9H2,1-2H3. The third-order valence-corrected chi connectivity index (χ3v) is 3.52. The van der Waals surface area contributed by atoms with Crippen LogP contribution in [0, 0.1) is 6.92 Å². The highest BCUT2D eigenvalue weighted by molar-refractivity contribution is 5.35. The summed E-state index contributed by atoms with van der Waals surface area (Å²) in [6.45, 7) is 3.75. The predicted octanol–water partition coefficient (Wildman–Crippen LogP) is 1.23. The summed E-state index contributed by atoms with van der Waals surface area (Å²) in [6, 6.07) is 2.16. The average molecular weight is 274 g/mol. The molecule has 1 unspecified atom stereocenters. The smallest absolute Gasteiger partial charge is 0.228 e. The van der Waals surface area contributed by atoms with E-state index < -0.39 is 0 Å². The van der Waals surface area contributed by atoms with Crippen molar-refractivity contribution in [3.05, 3.63) is 24.2 Å². The molecule has 0 aromatic carbocycles. The van der Waals surface area contributed by atoms with Gasteiger partial charge in [0.15, 0.2) is 0 Å². The van der Waals surface area contributed by atoms with Gasteiger partial charge in [-0.3, -0.25) is 0 Å². The second-order valence-corrected chi connectivity index (χ2v) is 4.98. The Morgan fingerprint density at radius 3 is 3.00 bits per heavy atom. The largest absolute Gasteiger partial charge is 0.481 e. The van der Waals surface area contributed by atoms with Crippen LogP contribution in [0.25, 0.3) is 0 Å². The van der Waals surface area contributed by atoms with Gasteiger partial charge >= 0.3 is 0 Å². The quantitative estimate of drug-likeness (QED) is 0.838. The van der Waals surface area contributed by atoms with E-state index in [1.807, 2.05) is 23.9 Å². The van der Waals surface area contributed by atoms with Crippen molar-refractivity contribution in [3.8, 4) is 5.88 Å². The Hall–Kier alpha value is -2.18. The molecule has 0 amide bonds. The van der Waals surface area contributed by atoms with E-state index in [1.165, 1.54) is 0 Å². The van der Waals surface area contributed by atoms with Crippen molar-refractivity contribution in [1.29, 1.82) is 0 Å². The van der Waals surface area contributed by atoms with Crippen molar-refractivity contribution in [2.75, 3.05) is 25.1 Å². The summed E-state index contributed by atoms with van der Waals surface area (Å²) in [5.74, 6) is 1.34. The maximum atomic E-state index is 5.22.